The van der Waals surface area contributed by atoms with Crippen LogP contribution < -0.4 is 10.6 Å². The van der Waals surface area contributed by atoms with Crippen LogP contribution in [0.5, 0.6) is 0 Å². The van der Waals surface area contributed by atoms with Gasteiger partial charge in [0.1, 0.15) is 0 Å². The van der Waals surface area contributed by atoms with E-state index in [1.807, 2.05) is 12.1 Å². The van der Waals surface area contributed by atoms with Crippen LogP contribution in [0.2, 0.25) is 0 Å². The molecule has 0 saturated carbocycles. The lowest BCUT2D eigenvalue weighted by molar-refractivity contribution is 0.265. The van der Waals surface area contributed by atoms with Crippen molar-refractivity contribution >= 4 is 16.0 Å². The van der Waals surface area contributed by atoms with Gasteiger partial charge in [-0.25, -0.2) is 8.42 Å². The van der Waals surface area contributed by atoms with Crippen LogP contribution in [-0.4, -0.2) is 68.9 Å². The third kappa shape index (κ3) is 5.29. The Hall–Kier alpha value is -1.64. The summed E-state index contributed by atoms with van der Waals surface area (Å²) >= 11 is 0. The summed E-state index contributed by atoms with van der Waals surface area (Å²) in [6.45, 7) is 10.7. The van der Waals surface area contributed by atoms with Crippen molar-refractivity contribution in [2.75, 3.05) is 33.2 Å². The molecule has 29 heavy (non-hydrogen) atoms. The molecule has 1 aromatic rings. The van der Waals surface area contributed by atoms with Gasteiger partial charge in [0, 0.05) is 51.9 Å². The number of rotatable bonds is 6. The molecule has 2 aliphatic rings. The van der Waals surface area contributed by atoms with E-state index in [0.717, 1.165) is 37.5 Å². The Bertz CT molecular complexity index is 801. The first-order valence-corrected chi connectivity index (χ1v) is 12.1. The highest BCUT2D eigenvalue weighted by molar-refractivity contribution is 7.89. The molecule has 3 rings (SSSR count). The SMILES string of the molecule is CN=C(NCc1ccc(S(=O)(=O)N2CCCC2)cc1)NC1CN(C(C)C)CC1C. The first-order valence-electron chi connectivity index (χ1n) is 10.6. The number of hydrogen-bond donors (Lipinski definition) is 2. The molecule has 0 bridgehead atoms. The largest absolute Gasteiger partial charge is 0.352 e. The van der Waals surface area contributed by atoms with Crippen molar-refractivity contribution in [2.45, 2.75) is 57.1 Å². The second-order valence-corrected chi connectivity index (χ2v) is 10.4. The van der Waals surface area contributed by atoms with Crippen molar-refractivity contribution in [2.24, 2.45) is 10.9 Å². The van der Waals surface area contributed by atoms with Gasteiger partial charge < -0.3 is 10.6 Å². The fourth-order valence-corrected chi connectivity index (χ4v) is 5.54. The third-order valence-corrected chi connectivity index (χ3v) is 7.92. The van der Waals surface area contributed by atoms with E-state index < -0.39 is 10.0 Å². The molecule has 8 heteroatoms. The van der Waals surface area contributed by atoms with Gasteiger partial charge in [0.05, 0.1) is 4.90 Å². The summed E-state index contributed by atoms with van der Waals surface area (Å²) in [4.78, 5) is 7.21. The van der Waals surface area contributed by atoms with E-state index in [1.165, 1.54) is 0 Å². The lowest BCUT2D eigenvalue weighted by atomic mass is 10.1. The minimum atomic E-state index is -3.35. The van der Waals surface area contributed by atoms with Crippen LogP contribution in [0.3, 0.4) is 0 Å². The zero-order valence-electron chi connectivity index (χ0n) is 18.1. The maximum Gasteiger partial charge on any atom is 0.243 e. The number of likely N-dealkylation sites (tertiary alicyclic amines) is 1. The fourth-order valence-electron chi connectivity index (χ4n) is 4.03. The summed E-state index contributed by atoms with van der Waals surface area (Å²) in [6, 6.07) is 8.09. The van der Waals surface area contributed by atoms with Crippen molar-refractivity contribution < 1.29 is 8.42 Å². The standard InChI is InChI=1S/C21H35N5O2S/c1-16(2)25-14-17(3)20(15-25)24-21(22-4)23-13-18-7-9-19(10-8-18)29(27,28)26-11-5-6-12-26/h7-10,16-17,20H,5-6,11-15H2,1-4H3,(H2,22,23,24). The predicted octanol–water partition coefficient (Wildman–Crippen LogP) is 1.86. The molecular weight excluding hydrogens is 386 g/mol. The topological polar surface area (TPSA) is 77.0 Å². The number of benzene rings is 1. The van der Waals surface area contributed by atoms with Crippen LogP contribution in [-0.2, 0) is 16.6 Å². The highest BCUT2D eigenvalue weighted by Crippen LogP contribution is 2.21. The van der Waals surface area contributed by atoms with Crippen LogP contribution >= 0.6 is 0 Å². The van der Waals surface area contributed by atoms with Crippen molar-refractivity contribution in [3.8, 4) is 0 Å². The van der Waals surface area contributed by atoms with Crippen molar-refractivity contribution in [3.63, 3.8) is 0 Å². The molecule has 0 amide bonds. The van der Waals surface area contributed by atoms with Gasteiger partial charge in [-0.05, 0) is 50.3 Å². The Morgan fingerprint density at radius 2 is 1.83 bits per heavy atom. The Balaban J connectivity index is 1.55. The lowest BCUT2D eigenvalue weighted by Gasteiger charge is -2.22. The number of hydrogen-bond acceptors (Lipinski definition) is 4. The Labute approximate surface area is 175 Å². The summed E-state index contributed by atoms with van der Waals surface area (Å²) in [5, 5.41) is 6.89. The first-order chi connectivity index (χ1) is 13.8. The molecular formula is C21H35N5O2S. The van der Waals surface area contributed by atoms with Crippen molar-refractivity contribution in [3.05, 3.63) is 29.8 Å². The predicted molar refractivity (Wildman–Crippen MR) is 117 cm³/mol. The van der Waals surface area contributed by atoms with Gasteiger partial charge in [-0.1, -0.05) is 19.1 Å². The Morgan fingerprint density at radius 1 is 1.17 bits per heavy atom. The molecule has 1 aromatic carbocycles. The highest BCUT2D eigenvalue weighted by Gasteiger charge is 2.31. The van der Waals surface area contributed by atoms with Gasteiger partial charge in [0.2, 0.25) is 10.0 Å². The van der Waals surface area contributed by atoms with Gasteiger partial charge in [-0.15, -0.1) is 0 Å². The van der Waals surface area contributed by atoms with E-state index in [-0.39, 0.29) is 0 Å². The van der Waals surface area contributed by atoms with Crippen LogP contribution in [0.25, 0.3) is 0 Å². The number of sulfonamides is 1. The molecule has 0 spiro atoms. The molecule has 0 aliphatic carbocycles. The maximum atomic E-state index is 12.6. The summed E-state index contributed by atoms with van der Waals surface area (Å²) in [6.07, 6.45) is 1.89. The van der Waals surface area contributed by atoms with Gasteiger partial charge in [0.25, 0.3) is 0 Å². The molecule has 0 aromatic heterocycles. The fraction of sp³-hybridized carbons (Fsp3) is 0.667. The van der Waals surface area contributed by atoms with Crippen LogP contribution in [0, 0.1) is 5.92 Å². The van der Waals surface area contributed by atoms with E-state index in [9.17, 15) is 8.42 Å². The molecule has 2 atom stereocenters. The number of nitrogens with one attached hydrogen (secondary N) is 2. The average Bonchev–Trinajstić information content (AvgIpc) is 3.36. The Morgan fingerprint density at radius 3 is 2.38 bits per heavy atom. The molecule has 2 fully saturated rings. The molecule has 2 saturated heterocycles. The minimum absolute atomic E-state index is 0.372. The first kappa shape index (κ1) is 22.1. The number of nitrogens with zero attached hydrogens (tertiary/aromatic N) is 3. The summed E-state index contributed by atoms with van der Waals surface area (Å²) < 4.78 is 26.8. The van der Waals surface area contributed by atoms with Gasteiger partial charge >= 0.3 is 0 Å². The molecule has 7 nitrogen and oxygen atoms in total. The van der Waals surface area contributed by atoms with E-state index in [4.69, 9.17) is 0 Å². The lowest BCUT2D eigenvalue weighted by Crippen LogP contribution is -2.46. The van der Waals surface area contributed by atoms with E-state index in [0.29, 0.717) is 42.5 Å². The van der Waals surface area contributed by atoms with Crippen LogP contribution in [0.4, 0.5) is 0 Å². The quantitative estimate of drug-likeness (QED) is 0.542. The average molecular weight is 422 g/mol. The van der Waals surface area contributed by atoms with Crippen LogP contribution in [0.15, 0.2) is 34.2 Å². The smallest absolute Gasteiger partial charge is 0.243 e. The van der Waals surface area contributed by atoms with E-state index in [2.05, 4.69) is 41.3 Å². The number of aliphatic imine (C=N–C) groups is 1. The third-order valence-electron chi connectivity index (χ3n) is 6.00. The maximum absolute atomic E-state index is 12.6. The molecule has 2 N–H and O–H groups in total. The Kier molecular flexibility index (Phi) is 7.19. The van der Waals surface area contributed by atoms with Crippen LogP contribution in [0.1, 0.15) is 39.2 Å². The monoisotopic (exact) mass is 421 g/mol. The second-order valence-electron chi connectivity index (χ2n) is 8.46. The van der Waals surface area contributed by atoms with Gasteiger partial charge in [-0.2, -0.15) is 4.31 Å². The molecule has 2 aliphatic heterocycles. The highest BCUT2D eigenvalue weighted by atomic mass is 32.2. The van der Waals surface area contributed by atoms with Gasteiger partial charge in [0.15, 0.2) is 5.96 Å². The molecule has 2 unspecified atom stereocenters. The minimum Gasteiger partial charge on any atom is -0.352 e. The van der Waals surface area contributed by atoms with Crippen molar-refractivity contribution in [1.82, 2.24) is 19.8 Å². The second kappa shape index (κ2) is 9.45. The molecule has 162 valence electrons. The summed E-state index contributed by atoms with van der Waals surface area (Å²) in [5.41, 5.74) is 1.02. The number of guanidine groups is 1. The zero-order chi connectivity index (χ0) is 21.0. The summed E-state index contributed by atoms with van der Waals surface area (Å²) in [5.74, 6) is 1.34. The molecule has 2 heterocycles. The van der Waals surface area contributed by atoms with E-state index >= 15 is 0 Å². The normalized spacial score (nSPS) is 24.4. The van der Waals surface area contributed by atoms with E-state index in [1.54, 1.807) is 23.5 Å². The van der Waals surface area contributed by atoms with Crippen molar-refractivity contribution in [1.29, 1.82) is 0 Å². The zero-order valence-corrected chi connectivity index (χ0v) is 18.9. The summed E-state index contributed by atoms with van der Waals surface area (Å²) in [7, 11) is -1.57. The van der Waals surface area contributed by atoms with Gasteiger partial charge in [-0.3, -0.25) is 9.89 Å². The molecule has 0 radical (unpaired) electrons.